The van der Waals surface area contributed by atoms with Crippen LogP contribution in [0.5, 0.6) is 0 Å². The van der Waals surface area contributed by atoms with Gasteiger partial charge in [-0.3, -0.25) is 0 Å². The molecule has 1 saturated heterocycles. The summed E-state index contributed by atoms with van der Waals surface area (Å²) in [7, 11) is -1.43. The van der Waals surface area contributed by atoms with Crippen molar-refractivity contribution in [3.63, 3.8) is 0 Å². The number of esters is 1. The molecule has 0 aromatic heterocycles. The molecular weight excluding hydrogens is 643 g/mol. The minimum Gasteiger partial charge on any atom is -0.465 e. The Bertz CT molecular complexity index is 1640. The Balaban J connectivity index is 1.14. The number of carbonyl (C=O) groups is 1. The standard InChI is InChI=1S/C42H63N3O4S/c1-28(43)31-14-19-42(44-22-23-45-24-26-50(47,48)27-25-45)21-20-40(5)33(36(31)42)12-13-35-39(4)17-15-32(29-8-10-30(11-9-29)37(46)49-7)38(2,3)34(39)16-18-41(35,40)6/h8-11,15,31,33-36,43-44H,12-14,16-27H2,1-7H3/t31-,33+,34-,35+,36+,39-,40+,41+,42-/m0/s1. The van der Waals surface area contributed by atoms with Crippen molar-refractivity contribution in [1.82, 2.24) is 10.2 Å². The highest BCUT2D eigenvalue weighted by Gasteiger charge is 2.70. The minimum atomic E-state index is -2.87. The zero-order valence-corrected chi connectivity index (χ0v) is 32.7. The Hall–Kier alpha value is -2.03. The molecule has 1 heterocycles. The Labute approximate surface area is 302 Å². The van der Waals surface area contributed by atoms with E-state index in [-0.39, 0.29) is 44.7 Å². The van der Waals surface area contributed by atoms with E-state index in [4.69, 9.17) is 10.1 Å². The topological polar surface area (TPSA) is 99.6 Å². The summed E-state index contributed by atoms with van der Waals surface area (Å²) in [5.41, 5.74) is 4.94. The predicted octanol–water partition coefficient (Wildman–Crippen LogP) is 7.66. The number of hydrogen-bond donors (Lipinski definition) is 2. The Kier molecular flexibility index (Phi) is 9.11. The summed E-state index contributed by atoms with van der Waals surface area (Å²) in [6.45, 7) is 18.1. The Morgan fingerprint density at radius 2 is 1.62 bits per heavy atom. The fourth-order valence-electron chi connectivity index (χ4n) is 13.8. The fraction of sp³-hybridized carbons (Fsp3) is 0.762. The number of nitrogens with zero attached hydrogens (tertiary/aromatic N) is 1. The van der Waals surface area contributed by atoms with Crippen LogP contribution in [0.2, 0.25) is 0 Å². The molecule has 7 nitrogen and oxygen atoms in total. The lowest BCUT2D eigenvalue weighted by Crippen LogP contribution is -2.68. The largest absolute Gasteiger partial charge is 0.465 e. The minimum absolute atomic E-state index is 0.0247. The van der Waals surface area contributed by atoms with E-state index in [0.717, 1.165) is 38.1 Å². The first-order valence-electron chi connectivity index (χ1n) is 19.6. The van der Waals surface area contributed by atoms with Gasteiger partial charge in [-0.05, 0) is 133 Å². The maximum atomic E-state index is 12.1. The smallest absolute Gasteiger partial charge is 0.337 e. The summed E-state index contributed by atoms with van der Waals surface area (Å²) in [6.07, 6.45) is 13.4. The third kappa shape index (κ3) is 5.50. The van der Waals surface area contributed by atoms with Gasteiger partial charge in [-0.1, -0.05) is 52.8 Å². The molecule has 7 rings (SSSR count). The summed E-state index contributed by atoms with van der Waals surface area (Å²) >= 11 is 0. The van der Waals surface area contributed by atoms with Crippen LogP contribution in [0, 0.1) is 56.7 Å². The number of hydrogen-bond acceptors (Lipinski definition) is 7. The number of carbonyl (C=O) groups excluding carboxylic acids is 1. The highest BCUT2D eigenvalue weighted by Crippen LogP contribution is 2.76. The molecule has 0 unspecified atom stereocenters. The predicted molar refractivity (Wildman–Crippen MR) is 202 cm³/mol. The van der Waals surface area contributed by atoms with E-state index in [1.807, 2.05) is 12.1 Å². The molecule has 0 amide bonds. The number of sulfone groups is 1. The highest BCUT2D eigenvalue weighted by atomic mass is 32.2. The van der Waals surface area contributed by atoms with Crippen LogP contribution in [0.25, 0.3) is 5.57 Å². The maximum Gasteiger partial charge on any atom is 0.337 e. The van der Waals surface area contributed by atoms with Gasteiger partial charge in [0.2, 0.25) is 0 Å². The quantitative estimate of drug-likeness (QED) is 0.223. The highest BCUT2D eigenvalue weighted by molar-refractivity contribution is 7.91. The molecule has 6 aliphatic rings. The molecule has 2 N–H and O–H groups in total. The second-order valence-corrected chi connectivity index (χ2v) is 21.0. The maximum absolute atomic E-state index is 12.1. The van der Waals surface area contributed by atoms with Crippen LogP contribution in [0.1, 0.15) is 115 Å². The van der Waals surface area contributed by atoms with E-state index < -0.39 is 9.84 Å². The van der Waals surface area contributed by atoms with Crippen molar-refractivity contribution in [3.05, 3.63) is 41.5 Å². The van der Waals surface area contributed by atoms with Crippen LogP contribution in [0.4, 0.5) is 0 Å². The molecule has 4 saturated carbocycles. The first-order chi connectivity index (χ1) is 23.5. The van der Waals surface area contributed by atoms with Crippen LogP contribution in [-0.2, 0) is 14.6 Å². The van der Waals surface area contributed by atoms with Gasteiger partial charge < -0.3 is 20.4 Å². The van der Waals surface area contributed by atoms with Crippen molar-refractivity contribution in [2.24, 2.45) is 51.2 Å². The van der Waals surface area contributed by atoms with E-state index >= 15 is 0 Å². The molecule has 9 atom stereocenters. The van der Waals surface area contributed by atoms with E-state index in [2.05, 4.69) is 70.0 Å². The summed E-state index contributed by atoms with van der Waals surface area (Å²) in [5, 5.41) is 13.1. The first kappa shape index (κ1) is 36.3. The van der Waals surface area contributed by atoms with Gasteiger partial charge in [-0.25, -0.2) is 13.2 Å². The number of nitrogens with one attached hydrogen (secondary N) is 2. The number of rotatable bonds is 7. The molecule has 0 radical (unpaired) electrons. The zero-order valence-electron chi connectivity index (χ0n) is 31.9. The van der Waals surface area contributed by atoms with Crippen molar-refractivity contribution in [1.29, 1.82) is 5.41 Å². The Morgan fingerprint density at radius 3 is 2.28 bits per heavy atom. The molecule has 5 fully saturated rings. The number of fused-ring (bicyclic) bond motifs is 7. The summed E-state index contributed by atoms with van der Waals surface area (Å²) in [4.78, 5) is 14.5. The average molecular weight is 706 g/mol. The van der Waals surface area contributed by atoms with Crippen molar-refractivity contribution >= 4 is 27.1 Å². The zero-order chi connectivity index (χ0) is 35.9. The van der Waals surface area contributed by atoms with Gasteiger partial charge in [-0.15, -0.1) is 0 Å². The number of allylic oxidation sites excluding steroid dienone is 2. The summed E-state index contributed by atoms with van der Waals surface area (Å²) < 4.78 is 29.0. The van der Waals surface area contributed by atoms with Crippen molar-refractivity contribution in [3.8, 4) is 0 Å². The monoisotopic (exact) mass is 705 g/mol. The van der Waals surface area contributed by atoms with E-state index in [9.17, 15) is 13.2 Å². The second kappa shape index (κ2) is 12.5. The van der Waals surface area contributed by atoms with Crippen LogP contribution in [0.3, 0.4) is 0 Å². The molecule has 1 aromatic carbocycles. The SMILES string of the molecule is COC(=O)c1ccc(C2=CC[C@]3(C)[C@H]4CC[C@@H]5[C@H]6[C@H](C(C)=N)CC[C@]6(NCCN6CCS(=O)(=O)CC6)CC[C@@]5(C)[C@]4(C)CC[C@H]3C2(C)C)cc1. The molecule has 0 spiro atoms. The molecule has 276 valence electrons. The van der Waals surface area contributed by atoms with Gasteiger partial charge in [0.05, 0.1) is 24.2 Å². The summed E-state index contributed by atoms with van der Waals surface area (Å²) in [5.74, 6) is 2.98. The number of benzene rings is 1. The number of ether oxygens (including phenoxy) is 1. The van der Waals surface area contributed by atoms with Gasteiger partial charge in [-0.2, -0.15) is 0 Å². The molecule has 8 heteroatoms. The Morgan fingerprint density at radius 1 is 0.920 bits per heavy atom. The van der Waals surface area contributed by atoms with E-state index in [1.54, 1.807) is 0 Å². The molecule has 1 aromatic rings. The normalized spacial score (nSPS) is 41.9. The molecule has 5 aliphatic carbocycles. The fourth-order valence-corrected chi connectivity index (χ4v) is 15.1. The first-order valence-corrected chi connectivity index (χ1v) is 21.5. The van der Waals surface area contributed by atoms with Gasteiger partial charge in [0, 0.05) is 43.3 Å². The van der Waals surface area contributed by atoms with Crippen LogP contribution in [-0.4, -0.2) is 75.3 Å². The van der Waals surface area contributed by atoms with Crippen LogP contribution < -0.4 is 5.32 Å². The third-order valence-corrected chi connectivity index (χ3v) is 18.1. The van der Waals surface area contributed by atoms with Crippen molar-refractivity contribution in [2.75, 3.05) is 44.8 Å². The molecule has 50 heavy (non-hydrogen) atoms. The average Bonchev–Trinajstić information content (AvgIpc) is 3.45. The molecule has 1 aliphatic heterocycles. The van der Waals surface area contributed by atoms with E-state index in [0.29, 0.717) is 48.2 Å². The van der Waals surface area contributed by atoms with Crippen LogP contribution >= 0.6 is 0 Å². The third-order valence-electron chi connectivity index (χ3n) is 16.5. The summed E-state index contributed by atoms with van der Waals surface area (Å²) in [6, 6.07) is 8.06. The molecule has 0 bridgehead atoms. The van der Waals surface area contributed by atoms with Crippen molar-refractivity contribution < 1.29 is 17.9 Å². The van der Waals surface area contributed by atoms with Gasteiger partial charge >= 0.3 is 5.97 Å². The lowest BCUT2D eigenvalue weighted by Gasteiger charge is -2.72. The van der Waals surface area contributed by atoms with Gasteiger partial charge in [0.15, 0.2) is 9.84 Å². The lowest BCUT2D eigenvalue weighted by molar-refractivity contribution is -0.218. The number of methoxy groups -OCH3 is 1. The van der Waals surface area contributed by atoms with E-state index in [1.165, 1.54) is 56.8 Å². The molecular formula is C42H63N3O4S. The van der Waals surface area contributed by atoms with Crippen LogP contribution in [0.15, 0.2) is 30.3 Å². The lowest BCUT2D eigenvalue weighted by atomic mass is 9.33. The van der Waals surface area contributed by atoms with Crippen molar-refractivity contribution in [2.45, 2.75) is 105 Å². The second-order valence-electron chi connectivity index (χ2n) is 18.7. The van der Waals surface area contributed by atoms with Gasteiger partial charge in [0.1, 0.15) is 0 Å². The van der Waals surface area contributed by atoms with Gasteiger partial charge in [0.25, 0.3) is 0 Å².